The molecular formula is C29H34N4O3. The third kappa shape index (κ3) is 5.35. The van der Waals surface area contributed by atoms with Gasteiger partial charge in [-0.3, -0.25) is 4.79 Å². The number of ether oxygens (including phenoxy) is 2. The Morgan fingerprint density at radius 2 is 1.75 bits per heavy atom. The fraction of sp³-hybridized carbons (Fsp3) is 0.345. The van der Waals surface area contributed by atoms with Gasteiger partial charge in [0.25, 0.3) is 5.91 Å². The molecule has 1 atom stereocenters. The van der Waals surface area contributed by atoms with Gasteiger partial charge in [-0.15, -0.1) is 0 Å². The molecule has 7 heteroatoms. The fourth-order valence-electron chi connectivity index (χ4n) is 4.37. The molecule has 0 radical (unpaired) electrons. The molecule has 0 aliphatic carbocycles. The molecule has 0 aliphatic heterocycles. The molecule has 0 spiro atoms. The molecule has 4 rings (SSSR count). The zero-order valence-corrected chi connectivity index (χ0v) is 21.7. The Morgan fingerprint density at radius 1 is 1.03 bits per heavy atom. The van der Waals surface area contributed by atoms with Crippen molar-refractivity contribution in [1.82, 2.24) is 19.9 Å². The lowest BCUT2D eigenvalue weighted by atomic mass is 10.0. The van der Waals surface area contributed by atoms with E-state index in [0.717, 1.165) is 35.4 Å². The summed E-state index contributed by atoms with van der Waals surface area (Å²) in [7, 11) is 0. The number of amides is 1. The minimum atomic E-state index is -0.142. The van der Waals surface area contributed by atoms with E-state index >= 15 is 0 Å². The third-order valence-corrected chi connectivity index (χ3v) is 6.22. The Balaban J connectivity index is 1.58. The van der Waals surface area contributed by atoms with Crippen LogP contribution in [0.1, 0.15) is 54.5 Å². The monoisotopic (exact) mass is 486 g/mol. The molecule has 1 amide bonds. The van der Waals surface area contributed by atoms with Crippen LogP contribution in [0, 0.1) is 13.8 Å². The normalized spacial score (nSPS) is 11.9. The van der Waals surface area contributed by atoms with E-state index in [1.807, 2.05) is 71.0 Å². The molecule has 1 N–H and O–H groups in total. The van der Waals surface area contributed by atoms with Crippen molar-refractivity contribution in [3.05, 3.63) is 77.2 Å². The van der Waals surface area contributed by atoms with Crippen molar-refractivity contribution >= 4 is 11.6 Å². The van der Waals surface area contributed by atoms with Crippen molar-refractivity contribution in [3.8, 4) is 22.6 Å². The van der Waals surface area contributed by atoms with E-state index in [1.165, 1.54) is 5.56 Å². The van der Waals surface area contributed by atoms with E-state index < -0.39 is 0 Å². The van der Waals surface area contributed by atoms with E-state index in [4.69, 9.17) is 14.6 Å². The highest BCUT2D eigenvalue weighted by molar-refractivity contribution is 5.95. The summed E-state index contributed by atoms with van der Waals surface area (Å²) in [4.78, 5) is 17.7. The summed E-state index contributed by atoms with van der Waals surface area (Å²) >= 11 is 0. The van der Waals surface area contributed by atoms with Gasteiger partial charge in [0.15, 0.2) is 17.1 Å². The summed E-state index contributed by atoms with van der Waals surface area (Å²) in [6.45, 7) is 10.9. The maximum Gasteiger partial charge on any atom is 0.254 e. The Labute approximate surface area is 212 Å². The number of aryl methyl sites for hydroxylation is 3. The van der Waals surface area contributed by atoms with E-state index in [-0.39, 0.29) is 11.9 Å². The summed E-state index contributed by atoms with van der Waals surface area (Å²) in [6.07, 6.45) is 3.41. The zero-order valence-electron chi connectivity index (χ0n) is 21.7. The molecule has 2 aromatic heterocycles. The van der Waals surface area contributed by atoms with Crippen molar-refractivity contribution in [2.75, 3.05) is 13.2 Å². The number of hydrogen-bond donors (Lipinski definition) is 1. The standard InChI is InChI=1S/C29H34N4O3/c1-6-35-25-16-15-23(17-26(25)36-7-2)27-20(4)32-33-21(5)24(18-30-28(27)33)29(34)31-19(3)13-14-22-11-9-8-10-12-22/h8-12,15-19H,6-7,13-14H2,1-5H3,(H,31,34)/t19-/m0/s1. The van der Waals surface area contributed by atoms with Crippen molar-refractivity contribution in [3.63, 3.8) is 0 Å². The van der Waals surface area contributed by atoms with Gasteiger partial charge in [-0.1, -0.05) is 36.4 Å². The lowest BCUT2D eigenvalue weighted by Crippen LogP contribution is -2.33. The number of nitrogens with zero attached hydrogens (tertiary/aromatic N) is 3. The number of hydrogen-bond acceptors (Lipinski definition) is 5. The van der Waals surface area contributed by atoms with Gasteiger partial charge in [-0.05, 0) is 70.7 Å². The molecule has 0 saturated heterocycles. The number of fused-ring (bicyclic) bond motifs is 1. The van der Waals surface area contributed by atoms with E-state index in [0.29, 0.717) is 35.9 Å². The zero-order chi connectivity index (χ0) is 25.7. The lowest BCUT2D eigenvalue weighted by molar-refractivity contribution is 0.0936. The summed E-state index contributed by atoms with van der Waals surface area (Å²) in [6, 6.07) is 16.2. The van der Waals surface area contributed by atoms with Crippen molar-refractivity contribution in [2.45, 2.75) is 53.5 Å². The van der Waals surface area contributed by atoms with E-state index in [1.54, 1.807) is 10.7 Å². The largest absolute Gasteiger partial charge is 0.490 e. The molecule has 188 valence electrons. The fourth-order valence-corrected chi connectivity index (χ4v) is 4.37. The number of aromatic nitrogens is 3. The Bertz CT molecular complexity index is 1350. The predicted octanol–water partition coefficient (Wildman–Crippen LogP) is 5.56. The number of nitrogens with one attached hydrogen (secondary N) is 1. The van der Waals surface area contributed by atoms with Crippen molar-refractivity contribution < 1.29 is 14.3 Å². The molecule has 0 saturated carbocycles. The van der Waals surface area contributed by atoms with Crippen LogP contribution in [0.25, 0.3) is 16.8 Å². The van der Waals surface area contributed by atoms with Crippen LogP contribution in [0.5, 0.6) is 11.5 Å². The second kappa shape index (κ2) is 11.2. The highest BCUT2D eigenvalue weighted by Gasteiger charge is 2.20. The summed E-state index contributed by atoms with van der Waals surface area (Å²) in [5.74, 6) is 1.26. The van der Waals surface area contributed by atoms with Gasteiger partial charge in [0, 0.05) is 17.8 Å². The minimum Gasteiger partial charge on any atom is -0.490 e. The van der Waals surface area contributed by atoms with E-state index in [2.05, 4.69) is 22.4 Å². The lowest BCUT2D eigenvalue weighted by Gasteiger charge is -2.15. The van der Waals surface area contributed by atoms with Gasteiger partial charge in [0.1, 0.15) is 0 Å². The summed E-state index contributed by atoms with van der Waals surface area (Å²) < 4.78 is 13.3. The highest BCUT2D eigenvalue weighted by atomic mass is 16.5. The number of carbonyl (C=O) groups is 1. The van der Waals surface area contributed by atoms with Crippen molar-refractivity contribution in [2.24, 2.45) is 0 Å². The van der Waals surface area contributed by atoms with Crippen LogP contribution in [0.15, 0.2) is 54.7 Å². The van der Waals surface area contributed by atoms with Gasteiger partial charge >= 0.3 is 0 Å². The van der Waals surface area contributed by atoms with Crippen LogP contribution in [-0.4, -0.2) is 39.8 Å². The van der Waals surface area contributed by atoms with Gasteiger partial charge in [0.05, 0.1) is 30.2 Å². The highest BCUT2D eigenvalue weighted by Crippen LogP contribution is 2.36. The molecule has 7 nitrogen and oxygen atoms in total. The Kier molecular flexibility index (Phi) is 7.88. The first-order chi connectivity index (χ1) is 17.4. The number of carbonyl (C=O) groups excluding carboxylic acids is 1. The summed E-state index contributed by atoms with van der Waals surface area (Å²) in [5, 5.41) is 7.84. The van der Waals surface area contributed by atoms with Crippen LogP contribution < -0.4 is 14.8 Å². The SMILES string of the molecule is CCOc1ccc(-c2c(C)nn3c(C)c(C(=O)N[C@@H](C)CCc4ccccc4)cnc23)cc1OCC. The molecule has 0 aliphatic rings. The maximum absolute atomic E-state index is 13.1. The van der Waals surface area contributed by atoms with Gasteiger partial charge in [-0.25, -0.2) is 9.50 Å². The van der Waals surface area contributed by atoms with Crippen molar-refractivity contribution in [1.29, 1.82) is 0 Å². The number of rotatable bonds is 10. The van der Waals surface area contributed by atoms with Crippen LogP contribution in [0.3, 0.4) is 0 Å². The average molecular weight is 487 g/mol. The molecular weight excluding hydrogens is 452 g/mol. The predicted molar refractivity (Wildman–Crippen MR) is 142 cm³/mol. The molecule has 2 heterocycles. The second-order valence-corrected chi connectivity index (χ2v) is 8.88. The smallest absolute Gasteiger partial charge is 0.254 e. The quantitative estimate of drug-likeness (QED) is 0.317. The Morgan fingerprint density at radius 3 is 2.47 bits per heavy atom. The van der Waals surface area contributed by atoms with E-state index in [9.17, 15) is 4.79 Å². The first-order valence-corrected chi connectivity index (χ1v) is 12.5. The van der Waals surface area contributed by atoms with Crippen LogP contribution in [-0.2, 0) is 6.42 Å². The summed E-state index contributed by atoms with van der Waals surface area (Å²) in [5.41, 5.74) is 5.90. The molecule has 0 fully saturated rings. The van der Waals surface area contributed by atoms with Crippen LogP contribution >= 0.6 is 0 Å². The maximum atomic E-state index is 13.1. The molecule has 0 bridgehead atoms. The number of benzene rings is 2. The molecule has 4 aromatic rings. The third-order valence-electron chi connectivity index (χ3n) is 6.22. The molecule has 36 heavy (non-hydrogen) atoms. The van der Waals surface area contributed by atoms with Gasteiger partial charge in [0.2, 0.25) is 0 Å². The first-order valence-electron chi connectivity index (χ1n) is 12.5. The van der Waals surface area contributed by atoms with Gasteiger partial charge in [-0.2, -0.15) is 5.10 Å². The van der Waals surface area contributed by atoms with Crippen LogP contribution in [0.2, 0.25) is 0 Å². The average Bonchev–Trinajstić information content (AvgIpc) is 3.21. The van der Waals surface area contributed by atoms with Crippen LogP contribution in [0.4, 0.5) is 0 Å². The second-order valence-electron chi connectivity index (χ2n) is 8.88. The molecule has 0 unspecified atom stereocenters. The topological polar surface area (TPSA) is 77.8 Å². The molecule has 2 aromatic carbocycles. The van der Waals surface area contributed by atoms with Gasteiger partial charge < -0.3 is 14.8 Å². The Hall–Kier alpha value is -3.87. The minimum absolute atomic E-state index is 0.0311. The first kappa shape index (κ1) is 25.2.